The minimum Gasteiger partial charge on any atom is -0.348 e. The Balaban J connectivity index is 1.99. The van der Waals surface area contributed by atoms with Crippen molar-refractivity contribution >= 4 is 11.8 Å². The molecule has 0 saturated carbocycles. The van der Waals surface area contributed by atoms with Gasteiger partial charge in [0.15, 0.2) is 0 Å². The number of amides is 2. The molecule has 2 amide bonds. The van der Waals surface area contributed by atoms with Crippen molar-refractivity contribution in [2.45, 2.75) is 13.5 Å². The Labute approximate surface area is 130 Å². The van der Waals surface area contributed by atoms with Crippen LogP contribution in [0.2, 0.25) is 0 Å². The van der Waals surface area contributed by atoms with Gasteiger partial charge in [-0.3, -0.25) is 9.59 Å². The molecule has 0 aromatic heterocycles. The van der Waals surface area contributed by atoms with Crippen LogP contribution in [-0.4, -0.2) is 30.8 Å². The van der Waals surface area contributed by atoms with Crippen molar-refractivity contribution in [3.05, 3.63) is 70.8 Å². The van der Waals surface area contributed by atoms with Crippen LogP contribution in [0.15, 0.2) is 48.5 Å². The summed E-state index contributed by atoms with van der Waals surface area (Å²) in [5.74, 6) is -0.123. The van der Waals surface area contributed by atoms with Crippen LogP contribution in [0.4, 0.5) is 0 Å². The van der Waals surface area contributed by atoms with Crippen molar-refractivity contribution in [2.75, 3.05) is 14.1 Å². The van der Waals surface area contributed by atoms with Gasteiger partial charge >= 0.3 is 0 Å². The summed E-state index contributed by atoms with van der Waals surface area (Å²) in [7, 11) is 3.44. The molecular weight excluding hydrogens is 276 g/mol. The maximum Gasteiger partial charge on any atom is 0.253 e. The number of hydrogen-bond acceptors (Lipinski definition) is 2. The summed E-state index contributed by atoms with van der Waals surface area (Å²) in [6.45, 7) is 2.35. The number of nitrogens with zero attached hydrogens (tertiary/aromatic N) is 1. The molecule has 4 nitrogen and oxygen atoms in total. The quantitative estimate of drug-likeness (QED) is 0.943. The molecule has 4 heteroatoms. The number of rotatable bonds is 4. The van der Waals surface area contributed by atoms with Crippen LogP contribution in [0.3, 0.4) is 0 Å². The zero-order valence-electron chi connectivity index (χ0n) is 13.1. The molecule has 0 aliphatic rings. The van der Waals surface area contributed by atoms with E-state index in [-0.39, 0.29) is 11.8 Å². The van der Waals surface area contributed by atoms with E-state index in [0.29, 0.717) is 17.7 Å². The first-order chi connectivity index (χ1) is 10.5. The minimum absolute atomic E-state index is 0.0319. The topological polar surface area (TPSA) is 49.4 Å². The molecule has 0 unspecified atom stereocenters. The van der Waals surface area contributed by atoms with Crippen molar-refractivity contribution in [3.63, 3.8) is 0 Å². The van der Waals surface area contributed by atoms with Crippen molar-refractivity contribution in [1.29, 1.82) is 0 Å². The molecule has 0 aliphatic heterocycles. The Morgan fingerprint density at radius 1 is 1.00 bits per heavy atom. The standard InChI is InChI=1S/C18H20N2O2/c1-13-6-4-5-7-16(13)17(21)19-12-14-8-10-15(11-9-14)18(22)20(2)3/h4-11H,12H2,1-3H3,(H,19,21). The first-order valence-electron chi connectivity index (χ1n) is 7.13. The SMILES string of the molecule is Cc1ccccc1C(=O)NCc1ccc(C(=O)N(C)C)cc1. The molecule has 0 bridgehead atoms. The van der Waals surface area contributed by atoms with Gasteiger partial charge in [0.2, 0.25) is 0 Å². The van der Waals surface area contributed by atoms with E-state index in [1.165, 1.54) is 4.90 Å². The molecule has 114 valence electrons. The van der Waals surface area contributed by atoms with Crippen LogP contribution < -0.4 is 5.32 Å². The average Bonchev–Trinajstić information content (AvgIpc) is 2.52. The summed E-state index contributed by atoms with van der Waals surface area (Å²) in [6, 6.07) is 14.7. The third kappa shape index (κ3) is 3.73. The summed E-state index contributed by atoms with van der Waals surface area (Å²) >= 11 is 0. The lowest BCUT2D eigenvalue weighted by molar-refractivity contribution is 0.0827. The maximum absolute atomic E-state index is 12.1. The summed E-state index contributed by atoms with van der Waals surface area (Å²) in [5.41, 5.74) is 3.23. The molecule has 0 heterocycles. The van der Waals surface area contributed by atoms with E-state index < -0.39 is 0 Å². The van der Waals surface area contributed by atoms with Gasteiger partial charge in [-0.05, 0) is 36.2 Å². The number of carbonyl (C=O) groups excluding carboxylic acids is 2. The Morgan fingerprint density at radius 3 is 2.23 bits per heavy atom. The highest BCUT2D eigenvalue weighted by Crippen LogP contribution is 2.09. The Morgan fingerprint density at radius 2 is 1.64 bits per heavy atom. The van der Waals surface area contributed by atoms with Crippen molar-refractivity contribution in [2.24, 2.45) is 0 Å². The third-order valence-corrected chi connectivity index (χ3v) is 3.45. The molecule has 2 aromatic rings. The summed E-state index contributed by atoms with van der Waals surface area (Å²) in [4.78, 5) is 25.5. The molecule has 0 aliphatic carbocycles. The van der Waals surface area contributed by atoms with Crippen molar-refractivity contribution < 1.29 is 9.59 Å². The highest BCUT2D eigenvalue weighted by atomic mass is 16.2. The Bertz CT molecular complexity index is 676. The van der Waals surface area contributed by atoms with Gasteiger partial charge in [-0.2, -0.15) is 0 Å². The van der Waals surface area contributed by atoms with E-state index in [9.17, 15) is 9.59 Å². The number of hydrogen-bond donors (Lipinski definition) is 1. The lowest BCUT2D eigenvalue weighted by Crippen LogP contribution is -2.24. The van der Waals surface area contributed by atoms with E-state index >= 15 is 0 Å². The fraction of sp³-hybridized carbons (Fsp3) is 0.222. The van der Waals surface area contributed by atoms with Crippen LogP contribution >= 0.6 is 0 Å². The van der Waals surface area contributed by atoms with Gasteiger partial charge in [0.1, 0.15) is 0 Å². The average molecular weight is 296 g/mol. The lowest BCUT2D eigenvalue weighted by Gasteiger charge is -2.11. The zero-order valence-corrected chi connectivity index (χ0v) is 13.1. The Kier molecular flexibility index (Phi) is 4.94. The summed E-state index contributed by atoms with van der Waals surface area (Å²) < 4.78 is 0. The van der Waals surface area contributed by atoms with Crippen LogP contribution in [0, 0.1) is 6.92 Å². The number of benzene rings is 2. The van der Waals surface area contributed by atoms with E-state index in [1.54, 1.807) is 26.2 Å². The number of nitrogens with one attached hydrogen (secondary N) is 1. The first kappa shape index (κ1) is 15.8. The predicted molar refractivity (Wildman–Crippen MR) is 86.8 cm³/mol. The molecule has 0 radical (unpaired) electrons. The molecule has 0 spiro atoms. The van der Waals surface area contributed by atoms with Gasteiger partial charge in [0.25, 0.3) is 11.8 Å². The first-order valence-corrected chi connectivity index (χ1v) is 7.13. The second-order valence-corrected chi connectivity index (χ2v) is 5.39. The lowest BCUT2D eigenvalue weighted by atomic mass is 10.1. The molecule has 0 atom stereocenters. The smallest absolute Gasteiger partial charge is 0.253 e. The van der Waals surface area contributed by atoms with Crippen LogP contribution in [0.25, 0.3) is 0 Å². The highest BCUT2D eigenvalue weighted by molar-refractivity contribution is 5.95. The molecular formula is C18H20N2O2. The van der Waals surface area contributed by atoms with Gasteiger partial charge in [-0.25, -0.2) is 0 Å². The molecule has 2 aromatic carbocycles. The second kappa shape index (κ2) is 6.89. The molecule has 2 rings (SSSR count). The summed E-state index contributed by atoms with van der Waals surface area (Å²) in [5, 5.41) is 2.89. The fourth-order valence-electron chi connectivity index (χ4n) is 2.13. The second-order valence-electron chi connectivity index (χ2n) is 5.39. The van der Waals surface area contributed by atoms with Gasteiger partial charge < -0.3 is 10.2 Å². The van der Waals surface area contributed by atoms with Crippen LogP contribution in [0.5, 0.6) is 0 Å². The van der Waals surface area contributed by atoms with Crippen LogP contribution in [0.1, 0.15) is 31.8 Å². The highest BCUT2D eigenvalue weighted by Gasteiger charge is 2.09. The van der Waals surface area contributed by atoms with Gasteiger partial charge in [0.05, 0.1) is 0 Å². The van der Waals surface area contributed by atoms with E-state index in [2.05, 4.69) is 5.32 Å². The van der Waals surface area contributed by atoms with Gasteiger partial charge in [-0.1, -0.05) is 30.3 Å². The monoisotopic (exact) mass is 296 g/mol. The number of carbonyl (C=O) groups is 2. The van der Waals surface area contributed by atoms with Crippen molar-refractivity contribution in [1.82, 2.24) is 10.2 Å². The predicted octanol–water partition coefficient (Wildman–Crippen LogP) is 2.63. The van der Waals surface area contributed by atoms with E-state index in [4.69, 9.17) is 0 Å². The molecule has 0 fully saturated rings. The minimum atomic E-state index is -0.0912. The van der Waals surface area contributed by atoms with E-state index in [0.717, 1.165) is 11.1 Å². The Hall–Kier alpha value is -2.62. The molecule has 22 heavy (non-hydrogen) atoms. The largest absolute Gasteiger partial charge is 0.348 e. The third-order valence-electron chi connectivity index (χ3n) is 3.45. The zero-order chi connectivity index (χ0) is 16.1. The molecule has 1 N–H and O–H groups in total. The van der Waals surface area contributed by atoms with Crippen LogP contribution in [-0.2, 0) is 6.54 Å². The van der Waals surface area contributed by atoms with Gasteiger partial charge in [0, 0.05) is 31.8 Å². The maximum atomic E-state index is 12.1. The van der Waals surface area contributed by atoms with E-state index in [1.807, 2.05) is 43.3 Å². The summed E-state index contributed by atoms with van der Waals surface area (Å²) in [6.07, 6.45) is 0. The van der Waals surface area contributed by atoms with Gasteiger partial charge in [-0.15, -0.1) is 0 Å². The fourth-order valence-corrected chi connectivity index (χ4v) is 2.13. The number of aryl methyl sites for hydroxylation is 1. The molecule has 0 saturated heterocycles. The van der Waals surface area contributed by atoms with Crippen molar-refractivity contribution in [3.8, 4) is 0 Å². The normalized spacial score (nSPS) is 10.1.